The summed E-state index contributed by atoms with van der Waals surface area (Å²) in [5.41, 5.74) is 6.22. The molecule has 1 heterocycles. The van der Waals surface area contributed by atoms with Crippen LogP contribution in [0.25, 0.3) is 0 Å². The Balaban J connectivity index is 2.18. The van der Waals surface area contributed by atoms with Gasteiger partial charge in [0.25, 0.3) is 0 Å². The fraction of sp³-hybridized carbons (Fsp3) is 0.500. The van der Waals surface area contributed by atoms with Crippen LogP contribution < -0.4 is 10.6 Å². The van der Waals surface area contributed by atoms with Crippen molar-refractivity contribution in [2.45, 2.75) is 31.7 Å². The van der Waals surface area contributed by atoms with Gasteiger partial charge in [-0.25, -0.2) is 4.98 Å². The molecule has 1 fully saturated rings. The quantitative estimate of drug-likeness (QED) is 0.600. The Morgan fingerprint density at radius 1 is 1.50 bits per heavy atom. The second-order valence-electron chi connectivity index (χ2n) is 4.37. The van der Waals surface area contributed by atoms with Gasteiger partial charge in [-0.2, -0.15) is 0 Å². The number of nitrogens with one attached hydrogen (secondary N) is 1. The van der Waals surface area contributed by atoms with Crippen LogP contribution >= 0.6 is 0 Å². The van der Waals surface area contributed by atoms with Crippen LogP contribution in [-0.2, 0) is 0 Å². The van der Waals surface area contributed by atoms with Crippen molar-refractivity contribution in [2.75, 3.05) is 11.9 Å². The van der Waals surface area contributed by atoms with E-state index < -0.39 is 0 Å². The molecule has 4 heteroatoms. The van der Waals surface area contributed by atoms with Crippen molar-refractivity contribution in [3.63, 3.8) is 0 Å². The molecular weight excluding hydrogens is 200 g/mol. The molecule has 3 N–H and O–H groups in total. The van der Waals surface area contributed by atoms with Crippen LogP contribution in [0.1, 0.15) is 31.2 Å². The standard InChI is InChI=1S/C12H18N4/c1-16(10-4-2-3-5-10)11-8-9(12(13)14)6-7-15-11/h6-8,10H,2-5H2,1H3,(H3,13,14). The number of hydrogen-bond acceptors (Lipinski definition) is 3. The van der Waals surface area contributed by atoms with Crippen LogP contribution in [0.2, 0.25) is 0 Å². The highest BCUT2D eigenvalue weighted by Gasteiger charge is 2.20. The molecule has 1 saturated carbocycles. The highest BCUT2D eigenvalue weighted by atomic mass is 15.2. The van der Waals surface area contributed by atoms with Gasteiger partial charge in [0, 0.05) is 24.8 Å². The molecule has 0 aliphatic heterocycles. The smallest absolute Gasteiger partial charge is 0.129 e. The minimum Gasteiger partial charge on any atom is -0.384 e. The molecule has 0 bridgehead atoms. The number of hydrogen-bond donors (Lipinski definition) is 2. The van der Waals surface area contributed by atoms with Crippen LogP contribution in [0, 0.1) is 5.41 Å². The maximum Gasteiger partial charge on any atom is 0.129 e. The van der Waals surface area contributed by atoms with E-state index in [0.717, 1.165) is 11.4 Å². The number of anilines is 1. The topological polar surface area (TPSA) is 66.0 Å². The molecule has 0 saturated heterocycles. The molecule has 0 unspecified atom stereocenters. The number of nitrogens with zero attached hydrogens (tertiary/aromatic N) is 2. The summed E-state index contributed by atoms with van der Waals surface area (Å²) in [6, 6.07) is 4.25. The van der Waals surface area contributed by atoms with E-state index in [1.165, 1.54) is 25.7 Å². The molecule has 86 valence electrons. The molecule has 0 radical (unpaired) electrons. The molecule has 0 aromatic carbocycles. The second kappa shape index (κ2) is 4.51. The molecule has 4 nitrogen and oxygen atoms in total. The van der Waals surface area contributed by atoms with E-state index in [9.17, 15) is 0 Å². The summed E-state index contributed by atoms with van der Waals surface area (Å²) in [4.78, 5) is 6.55. The SMILES string of the molecule is CN(c1cc(C(=N)N)ccn1)C1CCCC1. The van der Waals surface area contributed by atoms with Crippen molar-refractivity contribution in [1.29, 1.82) is 5.41 Å². The molecule has 1 aliphatic carbocycles. The van der Waals surface area contributed by atoms with E-state index >= 15 is 0 Å². The number of aromatic nitrogens is 1. The molecule has 1 aromatic heterocycles. The first-order valence-electron chi connectivity index (χ1n) is 5.72. The molecule has 1 aliphatic rings. The Hall–Kier alpha value is -1.58. The van der Waals surface area contributed by atoms with Crippen molar-refractivity contribution in [3.05, 3.63) is 23.9 Å². The fourth-order valence-corrected chi connectivity index (χ4v) is 2.26. The lowest BCUT2D eigenvalue weighted by atomic mass is 10.2. The first kappa shape index (κ1) is 10.9. The lowest BCUT2D eigenvalue weighted by Crippen LogP contribution is -2.29. The Kier molecular flexibility index (Phi) is 3.08. The van der Waals surface area contributed by atoms with Gasteiger partial charge in [-0.1, -0.05) is 12.8 Å². The zero-order valence-electron chi connectivity index (χ0n) is 9.61. The third-order valence-electron chi connectivity index (χ3n) is 3.29. The Labute approximate surface area is 96.0 Å². The van der Waals surface area contributed by atoms with Crippen molar-refractivity contribution < 1.29 is 0 Å². The zero-order chi connectivity index (χ0) is 11.5. The van der Waals surface area contributed by atoms with Gasteiger partial charge in [-0.15, -0.1) is 0 Å². The van der Waals surface area contributed by atoms with Crippen molar-refractivity contribution in [2.24, 2.45) is 5.73 Å². The van der Waals surface area contributed by atoms with Crippen molar-refractivity contribution in [1.82, 2.24) is 4.98 Å². The summed E-state index contributed by atoms with van der Waals surface area (Å²) >= 11 is 0. The van der Waals surface area contributed by atoms with Crippen LogP contribution in [0.4, 0.5) is 5.82 Å². The molecule has 1 aromatic rings. The van der Waals surface area contributed by atoms with Gasteiger partial charge >= 0.3 is 0 Å². The largest absolute Gasteiger partial charge is 0.384 e. The lowest BCUT2D eigenvalue weighted by Gasteiger charge is -2.25. The summed E-state index contributed by atoms with van der Waals surface area (Å²) in [6.07, 6.45) is 6.81. The first-order chi connectivity index (χ1) is 7.68. The molecule has 2 rings (SSSR count). The number of nitrogens with two attached hydrogens (primary N) is 1. The predicted octanol–water partition coefficient (Wildman–Crippen LogP) is 1.74. The number of nitrogen functional groups attached to an aromatic ring is 1. The maximum absolute atomic E-state index is 7.41. The average molecular weight is 218 g/mol. The molecule has 0 amide bonds. The highest BCUT2D eigenvalue weighted by Crippen LogP contribution is 2.25. The van der Waals surface area contributed by atoms with Crippen molar-refractivity contribution in [3.8, 4) is 0 Å². The number of pyridine rings is 1. The molecule has 16 heavy (non-hydrogen) atoms. The average Bonchev–Trinajstić information content (AvgIpc) is 2.81. The fourth-order valence-electron chi connectivity index (χ4n) is 2.26. The van der Waals surface area contributed by atoms with Gasteiger partial charge in [-0.05, 0) is 25.0 Å². The first-order valence-corrected chi connectivity index (χ1v) is 5.72. The van der Waals surface area contributed by atoms with Gasteiger partial charge in [0.1, 0.15) is 11.7 Å². The summed E-state index contributed by atoms with van der Waals surface area (Å²) in [5, 5.41) is 7.41. The van der Waals surface area contributed by atoms with E-state index in [4.69, 9.17) is 11.1 Å². The third kappa shape index (κ3) is 2.15. The summed E-state index contributed by atoms with van der Waals surface area (Å²) in [5.74, 6) is 1.02. The van der Waals surface area contributed by atoms with Gasteiger partial charge < -0.3 is 10.6 Å². The molecule has 0 spiro atoms. The van der Waals surface area contributed by atoms with Gasteiger partial charge in [-0.3, -0.25) is 5.41 Å². The summed E-state index contributed by atoms with van der Waals surface area (Å²) in [7, 11) is 2.07. The Morgan fingerprint density at radius 2 is 2.19 bits per heavy atom. The van der Waals surface area contributed by atoms with Gasteiger partial charge in [0.2, 0.25) is 0 Å². The molecule has 0 atom stereocenters. The van der Waals surface area contributed by atoms with E-state index in [2.05, 4.69) is 16.9 Å². The van der Waals surface area contributed by atoms with E-state index in [1.807, 2.05) is 6.07 Å². The number of amidine groups is 1. The van der Waals surface area contributed by atoms with E-state index in [1.54, 1.807) is 12.3 Å². The minimum atomic E-state index is 0.100. The van der Waals surface area contributed by atoms with Gasteiger partial charge in [0.05, 0.1) is 0 Å². The monoisotopic (exact) mass is 218 g/mol. The number of rotatable bonds is 3. The zero-order valence-corrected chi connectivity index (χ0v) is 9.61. The maximum atomic E-state index is 7.41. The third-order valence-corrected chi connectivity index (χ3v) is 3.29. The Morgan fingerprint density at radius 3 is 2.81 bits per heavy atom. The summed E-state index contributed by atoms with van der Waals surface area (Å²) < 4.78 is 0. The lowest BCUT2D eigenvalue weighted by molar-refractivity contribution is 0.646. The van der Waals surface area contributed by atoms with Crippen molar-refractivity contribution >= 4 is 11.7 Å². The summed E-state index contributed by atoms with van der Waals surface area (Å²) in [6.45, 7) is 0. The Bertz CT molecular complexity index is 382. The van der Waals surface area contributed by atoms with E-state index in [0.29, 0.717) is 6.04 Å². The second-order valence-corrected chi connectivity index (χ2v) is 4.37. The van der Waals surface area contributed by atoms with Gasteiger partial charge in [0.15, 0.2) is 0 Å². The highest BCUT2D eigenvalue weighted by molar-refractivity contribution is 5.95. The van der Waals surface area contributed by atoms with Crippen LogP contribution in [0.3, 0.4) is 0 Å². The predicted molar refractivity (Wildman–Crippen MR) is 65.9 cm³/mol. The van der Waals surface area contributed by atoms with E-state index in [-0.39, 0.29) is 5.84 Å². The van der Waals surface area contributed by atoms with Crippen LogP contribution in [-0.4, -0.2) is 23.9 Å². The van der Waals surface area contributed by atoms with Crippen LogP contribution in [0.5, 0.6) is 0 Å². The van der Waals surface area contributed by atoms with Crippen LogP contribution in [0.15, 0.2) is 18.3 Å². The minimum absolute atomic E-state index is 0.100. The normalized spacial score (nSPS) is 16.3. The molecular formula is C12H18N4.